The number of methoxy groups -OCH3 is 3. The van der Waals surface area contributed by atoms with Crippen molar-refractivity contribution in [2.75, 3.05) is 69.8 Å². The van der Waals surface area contributed by atoms with E-state index in [1.165, 1.54) is 41.3 Å². The molecule has 3 heterocycles. The lowest BCUT2D eigenvalue weighted by molar-refractivity contribution is -0.143. The summed E-state index contributed by atoms with van der Waals surface area (Å²) in [6.07, 6.45) is 3.56. The summed E-state index contributed by atoms with van der Waals surface area (Å²) in [5.41, 5.74) is 1.07. The van der Waals surface area contributed by atoms with Gasteiger partial charge in [0.05, 0.1) is 82.5 Å². The summed E-state index contributed by atoms with van der Waals surface area (Å²) < 4.78 is 238. The lowest BCUT2D eigenvalue weighted by Gasteiger charge is -2.20. The lowest BCUT2D eigenvalue weighted by Crippen LogP contribution is -2.24. The summed E-state index contributed by atoms with van der Waals surface area (Å²) in [5.74, 6) is 0.222. The molecule has 15 rings (SSSR count). The number of carbonyl (C=O) groups excluding carboxylic acids is 3. The van der Waals surface area contributed by atoms with Gasteiger partial charge in [-0.15, -0.1) is 0 Å². The average molecular weight is 1710 g/mol. The highest BCUT2D eigenvalue weighted by Crippen LogP contribution is 2.45. The highest BCUT2D eigenvalue weighted by atomic mass is 32.2. The monoisotopic (exact) mass is 1710 g/mol. The van der Waals surface area contributed by atoms with Crippen LogP contribution in [-0.4, -0.2) is 102 Å². The Morgan fingerprint density at radius 1 is 0.345 bits per heavy atom. The number of alkyl halides is 6. The Kier molecular flexibility index (Phi) is 26.0. The normalized spacial score (nSPS) is 18.2. The molecule has 0 aromatic heterocycles. The van der Waals surface area contributed by atoms with Gasteiger partial charge in [-0.1, -0.05) is 36.4 Å². The summed E-state index contributed by atoms with van der Waals surface area (Å²) in [6, 6.07) is 42.8. The highest BCUT2D eigenvalue weighted by Gasteiger charge is 2.41. The number of halogens is 9. The zero-order valence-corrected chi connectivity index (χ0v) is 67.1. The molecule has 3 unspecified atom stereocenters. The van der Waals surface area contributed by atoms with Crippen molar-refractivity contribution in [3.05, 3.63) is 233 Å². The van der Waals surface area contributed by atoms with Gasteiger partial charge in [0.1, 0.15) is 5.82 Å². The van der Waals surface area contributed by atoms with Crippen molar-refractivity contribution in [3.63, 3.8) is 0 Å². The number of carbonyl (C=O) groups is 3. The number of amides is 3. The average Bonchev–Trinajstić information content (AvgIpc) is 1.59. The summed E-state index contributed by atoms with van der Waals surface area (Å²) in [6.45, 7) is 1.11. The molecule has 21 nitrogen and oxygen atoms in total. The number of anilines is 6. The Morgan fingerprint density at radius 2 is 0.664 bits per heavy atom. The predicted molar refractivity (Wildman–Crippen MR) is 428 cm³/mol. The molecule has 3 atom stereocenters. The topological polar surface area (TPSA) is 255 Å². The van der Waals surface area contributed by atoms with E-state index in [1.807, 2.05) is 53.3 Å². The number of hydrogen-bond acceptors (Lipinski definition) is 15. The van der Waals surface area contributed by atoms with Crippen LogP contribution in [0, 0.1) is 17.5 Å². The van der Waals surface area contributed by atoms with Gasteiger partial charge >= 0.3 is 12.4 Å². The fourth-order valence-corrected chi connectivity index (χ4v) is 18.6. The Morgan fingerprint density at radius 3 is 0.983 bits per heavy atom. The summed E-state index contributed by atoms with van der Waals surface area (Å²) in [5, 5.41) is 0. The quantitative estimate of drug-likeness (QED) is 0.0475. The third kappa shape index (κ3) is 20.9. The molecule has 9 aromatic carbocycles. The van der Waals surface area contributed by atoms with Gasteiger partial charge in [0.15, 0.2) is 46.1 Å². The zero-order chi connectivity index (χ0) is 84.7. The van der Waals surface area contributed by atoms with Crippen LogP contribution in [0.4, 0.5) is 73.6 Å². The number of hydrogen-bond donors (Lipinski definition) is 3. The van der Waals surface area contributed by atoms with E-state index >= 15 is 0 Å². The molecule has 33 heteroatoms. The fourth-order valence-electron chi connectivity index (χ4n) is 15.4. The number of benzene rings is 9. The van der Waals surface area contributed by atoms with E-state index in [9.17, 15) is 79.2 Å². The van der Waals surface area contributed by atoms with Crippen molar-refractivity contribution >= 4 is 81.9 Å². The van der Waals surface area contributed by atoms with Crippen LogP contribution in [0.15, 0.2) is 203 Å². The van der Waals surface area contributed by atoms with Gasteiger partial charge < -0.3 is 43.1 Å². The maximum atomic E-state index is 13.6. The second-order valence-corrected chi connectivity index (χ2v) is 34.8. The minimum absolute atomic E-state index is 0.0381. The molecule has 3 saturated carbocycles. The van der Waals surface area contributed by atoms with Gasteiger partial charge in [-0.3, -0.25) is 28.5 Å². The molecule has 0 spiro atoms. The van der Waals surface area contributed by atoms with E-state index in [0.717, 1.165) is 118 Å². The molecule has 3 aliphatic heterocycles. The lowest BCUT2D eigenvalue weighted by atomic mass is 9.98. The van der Waals surface area contributed by atoms with Crippen LogP contribution in [0.1, 0.15) is 142 Å². The van der Waals surface area contributed by atoms with Gasteiger partial charge in [-0.25, -0.2) is 38.4 Å². The Labute approximate surface area is 682 Å². The molecule has 9 aromatic rings. The molecular weight excluding hydrogens is 1620 g/mol. The van der Waals surface area contributed by atoms with E-state index in [4.69, 9.17) is 28.4 Å². The molecular formula is C86H85F9N6O15S3. The Bertz CT molecular complexity index is 5540. The van der Waals surface area contributed by atoms with Crippen LogP contribution >= 0.6 is 0 Å². The molecule has 6 fully saturated rings. The van der Waals surface area contributed by atoms with Crippen LogP contribution in [-0.2, 0) is 56.8 Å². The van der Waals surface area contributed by atoms with Gasteiger partial charge in [-0.05, 0) is 245 Å². The fraction of sp³-hybridized carbons (Fsp3) is 0.337. The summed E-state index contributed by atoms with van der Waals surface area (Å²) >= 11 is 0. The van der Waals surface area contributed by atoms with Gasteiger partial charge in [-0.2, -0.15) is 26.3 Å². The van der Waals surface area contributed by atoms with Gasteiger partial charge in [0.2, 0.25) is 17.7 Å². The summed E-state index contributed by atoms with van der Waals surface area (Å²) in [4.78, 5) is 42.1. The van der Waals surface area contributed by atoms with Crippen LogP contribution < -0.4 is 57.3 Å². The van der Waals surface area contributed by atoms with E-state index < -0.39 is 80.8 Å². The number of sulfonamides is 3. The van der Waals surface area contributed by atoms with Crippen LogP contribution in [0.2, 0.25) is 0 Å². The minimum Gasteiger partial charge on any atom is -0.493 e. The third-order valence-corrected chi connectivity index (χ3v) is 25.7. The first kappa shape index (κ1) is 85.7. The molecule has 6 aliphatic rings. The third-order valence-electron chi connectivity index (χ3n) is 21.6. The van der Waals surface area contributed by atoms with E-state index in [-0.39, 0.29) is 101 Å². The van der Waals surface area contributed by atoms with Crippen molar-refractivity contribution < 1.29 is 108 Å². The smallest absolute Gasteiger partial charge is 0.416 e. The molecule has 3 amide bonds. The predicted octanol–water partition coefficient (Wildman–Crippen LogP) is 18.5. The number of nitrogens with zero attached hydrogens (tertiary/aromatic N) is 3. The SMILES string of the molecule is COc1ccc(C2CC(=O)N(c3cccc(NS(=O)(=O)c4cc(C(F)(F)F)cc(C(F)(F)F)c4)c3)C2)cc1OC1CCCC1.COc1ccc(C2CC(=O)N(c3cccc(NS(=O)(=O)c4ccc(F)c(F)c4)c3)C2)cc1OC1CCCC1.COc1ccc(C2CC(=O)N(c3cccc(NS(=O)(=O)c4ccc(F)cc4)c3)C2)cc1OC1CCCC1. The second kappa shape index (κ2) is 36.2. The van der Waals surface area contributed by atoms with Crippen LogP contribution in [0.5, 0.6) is 34.5 Å². The van der Waals surface area contributed by atoms with E-state index in [2.05, 4.69) is 9.44 Å². The van der Waals surface area contributed by atoms with Crippen molar-refractivity contribution in [3.8, 4) is 34.5 Å². The highest BCUT2D eigenvalue weighted by molar-refractivity contribution is 7.93. The molecule has 3 N–H and O–H groups in total. The van der Waals surface area contributed by atoms with Gasteiger partial charge in [0, 0.05) is 73.7 Å². The number of nitrogens with one attached hydrogen (secondary N) is 3. The van der Waals surface area contributed by atoms with Crippen molar-refractivity contribution in [1.29, 1.82) is 0 Å². The molecule has 119 heavy (non-hydrogen) atoms. The number of ether oxygens (including phenoxy) is 6. The van der Waals surface area contributed by atoms with E-state index in [1.54, 1.807) is 85.7 Å². The van der Waals surface area contributed by atoms with Crippen LogP contribution in [0.25, 0.3) is 0 Å². The largest absolute Gasteiger partial charge is 0.493 e. The maximum Gasteiger partial charge on any atom is 0.416 e. The first-order valence-corrected chi connectivity index (χ1v) is 43.0. The van der Waals surface area contributed by atoms with Crippen molar-refractivity contribution in [2.45, 2.75) is 159 Å². The minimum atomic E-state index is -5.22. The molecule has 0 bridgehead atoms. The van der Waals surface area contributed by atoms with Crippen molar-refractivity contribution in [1.82, 2.24) is 0 Å². The first-order chi connectivity index (χ1) is 56.7. The molecule has 3 aliphatic carbocycles. The van der Waals surface area contributed by atoms with Crippen LogP contribution in [0.3, 0.4) is 0 Å². The molecule has 3 saturated heterocycles. The molecule has 0 radical (unpaired) electrons. The first-order valence-electron chi connectivity index (χ1n) is 38.5. The van der Waals surface area contributed by atoms with E-state index in [0.29, 0.717) is 89.2 Å². The Hall–Kier alpha value is -11.2. The summed E-state index contributed by atoms with van der Waals surface area (Å²) in [7, 11) is -8.20. The zero-order valence-electron chi connectivity index (χ0n) is 64.7. The van der Waals surface area contributed by atoms with Gasteiger partial charge in [0.25, 0.3) is 30.1 Å². The maximum absolute atomic E-state index is 13.6. The second-order valence-electron chi connectivity index (χ2n) is 29.8. The van der Waals surface area contributed by atoms with Crippen molar-refractivity contribution in [2.24, 2.45) is 0 Å². The standard InChI is InChI=1S/C30H28F6N2O5S.C28H28F2N2O5S.C28H29FN2O5S/c1-42-26-10-9-18(11-27(26)43-24-7-2-3-8-24)19-12-28(39)38(17-19)23-6-4-5-22(16-23)37-44(40,41)25-14-20(29(31,32)33)13-21(15-25)30(34,35)36;1-36-26-12-9-18(13-27(26)37-22-7-2-3-8-22)19-14-28(33)32(17-19)21-6-4-5-20(15-21)31-38(34,35)23-10-11-24(29)25(30)16-23;1-35-26-14-9-19(15-27(26)36-24-7-2-3-8-24)20-16-28(32)31(18-20)23-6-4-5-22(17-23)30-37(33,34)25-12-10-21(29)11-13-25/h4-6,9-11,13-16,19,24,37H,2-3,7-8,12,17H2,1H3;4-6,9-13,15-16,19,22,31H,2-3,7-8,14,17H2,1H3;4-6,9-15,17,20,24,30H,2-3,7-8,16,18H2,1H3. The molecule has 630 valence electrons. The Balaban J connectivity index is 0.000000155. The number of rotatable bonds is 24.